The normalized spacial score (nSPS) is 10.1. The fourth-order valence-corrected chi connectivity index (χ4v) is 2.04. The number of nitrogens with one attached hydrogen (secondary N) is 1. The summed E-state index contributed by atoms with van der Waals surface area (Å²) in [5, 5.41) is 2.78. The molecule has 5 heteroatoms. The lowest BCUT2D eigenvalue weighted by Gasteiger charge is -2.20. The van der Waals surface area contributed by atoms with Crippen LogP contribution in [0.2, 0.25) is 0 Å². The Morgan fingerprint density at radius 1 is 1.37 bits per heavy atom. The first-order valence-electron chi connectivity index (χ1n) is 6.34. The number of rotatable bonds is 6. The number of amides is 2. The molecule has 0 atom stereocenters. The average molecular weight is 327 g/mol. The van der Waals surface area contributed by atoms with Crippen molar-refractivity contribution in [2.45, 2.75) is 26.7 Å². The van der Waals surface area contributed by atoms with E-state index in [1.807, 2.05) is 24.3 Å². The smallest absolute Gasteiger partial charge is 0.243 e. The molecule has 19 heavy (non-hydrogen) atoms. The van der Waals surface area contributed by atoms with Gasteiger partial charge < -0.3 is 10.2 Å². The highest BCUT2D eigenvalue weighted by atomic mass is 79.9. The molecule has 1 aromatic carbocycles. The molecule has 0 unspecified atom stereocenters. The molecule has 0 spiro atoms. The fraction of sp³-hybridized carbons (Fsp3) is 0.429. The molecule has 4 nitrogen and oxygen atoms in total. The van der Waals surface area contributed by atoms with Gasteiger partial charge in [-0.1, -0.05) is 35.3 Å². The maximum atomic E-state index is 11.9. The number of benzene rings is 1. The van der Waals surface area contributed by atoms with Crippen molar-refractivity contribution in [3.8, 4) is 0 Å². The van der Waals surface area contributed by atoms with E-state index in [-0.39, 0.29) is 18.4 Å². The Kier molecular flexibility index (Phi) is 6.56. The number of hydrogen-bond donors (Lipinski definition) is 1. The molecule has 1 aromatic rings. The zero-order chi connectivity index (χ0) is 14.3. The van der Waals surface area contributed by atoms with Gasteiger partial charge in [0.25, 0.3) is 0 Å². The number of hydrogen-bond acceptors (Lipinski definition) is 2. The minimum Gasteiger partial charge on any atom is -0.334 e. The molecule has 0 fully saturated rings. The second-order valence-electron chi connectivity index (χ2n) is 4.35. The Morgan fingerprint density at radius 2 is 2.11 bits per heavy atom. The fourth-order valence-electron chi connectivity index (χ4n) is 1.64. The first kappa shape index (κ1) is 15.7. The molecule has 0 radical (unpaired) electrons. The molecular formula is C14H19BrN2O2. The zero-order valence-electron chi connectivity index (χ0n) is 11.3. The average Bonchev–Trinajstić information content (AvgIpc) is 2.34. The van der Waals surface area contributed by atoms with Gasteiger partial charge in [-0.15, -0.1) is 0 Å². The molecule has 1 rings (SSSR count). The second kappa shape index (κ2) is 7.94. The molecule has 0 bridgehead atoms. The van der Waals surface area contributed by atoms with Crippen molar-refractivity contribution in [2.24, 2.45) is 0 Å². The van der Waals surface area contributed by atoms with Crippen molar-refractivity contribution >= 4 is 33.4 Å². The van der Waals surface area contributed by atoms with Crippen LogP contribution in [0.15, 0.2) is 28.7 Å². The van der Waals surface area contributed by atoms with Gasteiger partial charge >= 0.3 is 0 Å². The number of nitrogens with zero attached hydrogens (tertiary/aromatic N) is 1. The predicted molar refractivity (Wildman–Crippen MR) is 79.9 cm³/mol. The highest BCUT2D eigenvalue weighted by Crippen LogP contribution is 2.15. The van der Waals surface area contributed by atoms with Crippen LogP contribution in [0.1, 0.15) is 26.7 Å². The van der Waals surface area contributed by atoms with Gasteiger partial charge in [0, 0.05) is 23.6 Å². The van der Waals surface area contributed by atoms with Crippen LogP contribution in [0.5, 0.6) is 0 Å². The topological polar surface area (TPSA) is 49.4 Å². The Hall–Kier alpha value is -1.36. The third-order valence-electron chi connectivity index (χ3n) is 2.67. The van der Waals surface area contributed by atoms with Crippen molar-refractivity contribution in [1.29, 1.82) is 0 Å². The van der Waals surface area contributed by atoms with E-state index in [2.05, 4.69) is 28.2 Å². The van der Waals surface area contributed by atoms with Gasteiger partial charge in [-0.2, -0.15) is 0 Å². The van der Waals surface area contributed by atoms with Crippen molar-refractivity contribution in [3.05, 3.63) is 28.7 Å². The lowest BCUT2D eigenvalue weighted by molar-refractivity contribution is -0.132. The number of unbranched alkanes of at least 4 members (excludes halogenated alkanes) is 1. The maximum Gasteiger partial charge on any atom is 0.243 e. The summed E-state index contributed by atoms with van der Waals surface area (Å²) in [6.07, 6.45) is 1.90. The molecule has 0 aliphatic heterocycles. The van der Waals surface area contributed by atoms with Crippen LogP contribution in [-0.4, -0.2) is 29.8 Å². The van der Waals surface area contributed by atoms with Crippen molar-refractivity contribution < 1.29 is 9.59 Å². The SMILES string of the molecule is CCCCN(CC(=O)Nc1cccc(Br)c1)C(C)=O. The minimum atomic E-state index is -0.176. The largest absolute Gasteiger partial charge is 0.334 e. The van der Waals surface area contributed by atoms with Crippen LogP contribution in [0, 0.1) is 0 Å². The summed E-state index contributed by atoms with van der Waals surface area (Å²) < 4.78 is 0.903. The van der Waals surface area contributed by atoms with E-state index >= 15 is 0 Å². The molecule has 0 aliphatic carbocycles. The molecule has 0 heterocycles. The van der Waals surface area contributed by atoms with Gasteiger partial charge in [-0.3, -0.25) is 9.59 Å². The van der Waals surface area contributed by atoms with E-state index < -0.39 is 0 Å². The summed E-state index contributed by atoms with van der Waals surface area (Å²) in [5.41, 5.74) is 0.721. The molecule has 0 saturated heterocycles. The van der Waals surface area contributed by atoms with Gasteiger partial charge in [0.05, 0.1) is 6.54 Å². The third kappa shape index (κ3) is 5.87. The van der Waals surface area contributed by atoms with Crippen LogP contribution in [0.3, 0.4) is 0 Å². The van der Waals surface area contributed by atoms with Gasteiger partial charge in [0.1, 0.15) is 0 Å². The first-order chi connectivity index (χ1) is 9.02. The maximum absolute atomic E-state index is 11.9. The minimum absolute atomic E-state index is 0.0714. The summed E-state index contributed by atoms with van der Waals surface area (Å²) in [4.78, 5) is 24.9. The molecule has 1 N–H and O–H groups in total. The van der Waals surface area contributed by atoms with Crippen molar-refractivity contribution in [1.82, 2.24) is 4.90 Å². The van der Waals surface area contributed by atoms with Crippen LogP contribution in [0.4, 0.5) is 5.69 Å². The number of carbonyl (C=O) groups excluding carboxylic acids is 2. The van der Waals surface area contributed by atoms with Crippen LogP contribution < -0.4 is 5.32 Å². The van der Waals surface area contributed by atoms with E-state index in [4.69, 9.17) is 0 Å². The van der Waals surface area contributed by atoms with E-state index in [0.717, 1.165) is 23.0 Å². The second-order valence-corrected chi connectivity index (χ2v) is 5.27. The Morgan fingerprint density at radius 3 is 2.68 bits per heavy atom. The summed E-state index contributed by atoms with van der Waals surface area (Å²) in [6.45, 7) is 4.27. The van der Waals surface area contributed by atoms with E-state index in [1.165, 1.54) is 6.92 Å². The highest BCUT2D eigenvalue weighted by Gasteiger charge is 2.13. The van der Waals surface area contributed by atoms with E-state index in [0.29, 0.717) is 6.54 Å². The summed E-state index contributed by atoms with van der Waals surface area (Å²) in [7, 11) is 0. The van der Waals surface area contributed by atoms with Gasteiger partial charge in [-0.05, 0) is 24.6 Å². The number of halogens is 1. The van der Waals surface area contributed by atoms with Crippen LogP contribution in [-0.2, 0) is 9.59 Å². The Labute approximate surface area is 122 Å². The number of carbonyl (C=O) groups is 2. The lowest BCUT2D eigenvalue weighted by atomic mass is 10.3. The molecule has 0 saturated carbocycles. The first-order valence-corrected chi connectivity index (χ1v) is 7.13. The molecule has 104 valence electrons. The quantitative estimate of drug-likeness (QED) is 0.873. The summed E-state index contributed by atoms with van der Waals surface area (Å²) in [6, 6.07) is 7.37. The van der Waals surface area contributed by atoms with Crippen LogP contribution >= 0.6 is 15.9 Å². The predicted octanol–water partition coefficient (Wildman–Crippen LogP) is 3.04. The van der Waals surface area contributed by atoms with Gasteiger partial charge in [-0.25, -0.2) is 0 Å². The summed E-state index contributed by atoms with van der Waals surface area (Å²) >= 11 is 3.34. The number of anilines is 1. The molecule has 2 amide bonds. The van der Waals surface area contributed by atoms with E-state index in [9.17, 15) is 9.59 Å². The van der Waals surface area contributed by atoms with E-state index in [1.54, 1.807) is 4.90 Å². The Balaban J connectivity index is 2.55. The molecule has 0 aromatic heterocycles. The van der Waals surface area contributed by atoms with Crippen molar-refractivity contribution in [3.63, 3.8) is 0 Å². The lowest BCUT2D eigenvalue weighted by Crippen LogP contribution is -2.37. The van der Waals surface area contributed by atoms with Gasteiger partial charge in [0.15, 0.2) is 0 Å². The molecular weight excluding hydrogens is 308 g/mol. The third-order valence-corrected chi connectivity index (χ3v) is 3.16. The van der Waals surface area contributed by atoms with Crippen LogP contribution in [0.25, 0.3) is 0 Å². The highest BCUT2D eigenvalue weighted by molar-refractivity contribution is 9.10. The molecule has 0 aliphatic rings. The standard InChI is InChI=1S/C14H19BrN2O2/c1-3-4-8-17(11(2)18)10-14(19)16-13-7-5-6-12(15)9-13/h5-7,9H,3-4,8,10H2,1-2H3,(H,16,19). The zero-order valence-corrected chi connectivity index (χ0v) is 12.9. The van der Waals surface area contributed by atoms with Gasteiger partial charge in [0.2, 0.25) is 11.8 Å². The monoisotopic (exact) mass is 326 g/mol. The Bertz CT molecular complexity index is 449. The summed E-state index contributed by atoms with van der Waals surface area (Å²) in [5.74, 6) is -0.248. The van der Waals surface area contributed by atoms with Crippen molar-refractivity contribution in [2.75, 3.05) is 18.4 Å².